The van der Waals surface area contributed by atoms with E-state index in [1.54, 1.807) is 0 Å². The first kappa shape index (κ1) is 14.8. The van der Waals surface area contributed by atoms with Gasteiger partial charge < -0.3 is 14.4 Å². The number of hydrogen-bond donors (Lipinski definition) is 0. The van der Waals surface area contributed by atoms with Crippen LogP contribution in [0.2, 0.25) is 0 Å². The minimum atomic E-state index is -4.83. The van der Waals surface area contributed by atoms with Gasteiger partial charge in [0.05, 0.1) is 6.42 Å². The monoisotopic (exact) mass is 251 g/mol. The Balaban J connectivity index is 5.00. The molecule has 0 radical (unpaired) electrons. The lowest BCUT2D eigenvalue weighted by Gasteiger charge is -2.23. The van der Waals surface area contributed by atoms with E-state index in [9.17, 15) is 22.6 Å². The zero-order valence-electron chi connectivity index (χ0n) is 9.63. The summed E-state index contributed by atoms with van der Waals surface area (Å²) in [6.45, 7) is 0. The minimum absolute atomic E-state index is 0.584. The summed E-state index contributed by atoms with van der Waals surface area (Å²) in [6, 6.07) is 0. The second-order valence-electron chi connectivity index (χ2n) is 3.71. The summed E-state index contributed by atoms with van der Waals surface area (Å²) < 4.78 is 32.6. The third-order valence-electron chi connectivity index (χ3n) is 1.92. The molecule has 94 valence electrons. The molecule has 0 rings (SSSR count). The number of nitrogens with zero attached hydrogens (tertiary/aromatic N) is 2. The van der Waals surface area contributed by atoms with E-state index in [-0.39, 0.29) is 0 Å². The first-order valence-corrected chi connectivity index (χ1v) is 5.90. The highest BCUT2D eigenvalue weighted by atomic mass is 32.2. The van der Waals surface area contributed by atoms with E-state index < -0.39 is 33.6 Å². The van der Waals surface area contributed by atoms with Gasteiger partial charge in [0.1, 0.15) is 15.4 Å². The minimum Gasteiger partial charge on any atom is -0.747 e. The van der Waals surface area contributed by atoms with Gasteiger partial charge in [0.15, 0.2) is 0 Å². The molecule has 0 aliphatic carbocycles. The molecule has 0 aromatic rings. The number of carbonyl (C=O) groups excluding carboxylic acids is 2. The molecule has 2 amide bonds. The van der Waals surface area contributed by atoms with Crippen LogP contribution < -0.4 is 0 Å². The molecule has 0 bridgehead atoms. The Morgan fingerprint density at radius 3 is 1.81 bits per heavy atom. The van der Waals surface area contributed by atoms with E-state index in [0.29, 0.717) is 0 Å². The first-order valence-electron chi connectivity index (χ1n) is 4.43. The van der Waals surface area contributed by atoms with Crippen molar-refractivity contribution in [3.63, 3.8) is 0 Å². The van der Waals surface area contributed by atoms with Crippen LogP contribution >= 0.6 is 0 Å². The molecule has 1 atom stereocenters. The van der Waals surface area contributed by atoms with Gasteiger partial charge in [-0.05, 0) is 0 Å². The Morgan fingerprint density at radius 1 is 1.12 bits per heavy atom. The van der Waals surface area contributed by atoms with Gasteiger partial charge in [-0.15, -0.1) is 0 Å². The van der Waals surface area contributed by atoms with Crippen LogP contribution in [0.1, 0.15) is 6.42 Å². The van der Waals surface area contributed by atoms with Gasteiger partial charge in [0.2, 0.25) is 11.8 Å². The van der Waals surface area contributed by atoms with Gasteiger partial charge in [0.25, 0.3) is 0 Å². The molecule has 0 saturated heterocycles. The average Bonchev–Trinajstić information content (AvgIpc) is 2.10. The fraction of sp³-hybridized carbons (Fsp3) is 0.750. The van der Waals surface area contributed by atoms with E-state index in [4.69, 9.17) is 0 Å². The predicted octanol–water partition coefficient (Wildman–Crippen LogP) is -1.53. The lowest BCUT2D eigenvalue weighted by molar-refractivity contribution is -0.134. The lowest BCUT2D eigenvalue weighted by atomic mass is 10.2. The standard InChI is InChI=1S/C8H16N2O5S/c1-9(2)7(11)5-6(16(13,14)15)8(12)10(3)4/h6H,5H2,1-4H3,(H,13,14,15)/p-1. The van der Waals surface area contributed by atoms with E-state index in [2.05, 4.69) is 0 Å². The van der Waals surface area contributed by atoms with Crippen LogP contribution in [0.5, 0.6) is 0 Å². The summed E-state index contributed by atoms with van der Waals surface area (Å²) in [4.78, 5) is 24.8. The third kappa shape index (κ3) is 4.15. The molecule has 0 spiro atoms. The highest BCUT2D eigenvalue weighted by Crippen LogP contribution is 2.08. The topological polar surface area (TPSA) is 97.8 Å². The number of carbonyl (C=O) groups is 2. The normalized spacial score (nSPS) is 13.1. The molecule has 0 fully saturated rings. The van der Waals surface area contributed by atoms with E-state index in [1.807, 2.05) is 0 Å². The van der Waals surface area contributed by atoms with Crippen molar-refractivity contribution in [3.8, 4) is 0 Å². The Kier molecular flexibility index (Phi) is 4.88. The Morgan fingerprint density at radius 2 is 1.56 bits per heavy atom. The van der Waals surface area contributed by atoms with Crippen LogP contribution in [0.25, 0.3) is 0 Å². The van der Waals surface area contributed by atoms with Gasteiger partial charge in [0, 0.05) is 28.2 Å². The second-order valence-corrected chi connectivity index (χ2v) is 5.26. The molecule has 0 aliphatic heterocycles. The maximum atomic E-state index is 11.4. The molecule has 1 unspecified atom stereocenters. The smallest absolute Gasteiger partial charge is 0.239 e. The molecular formula is C8H15N2O5S-. The molecule has 0 saturated carbocycles. The van der Waals surface area contributed by atoms with Crippen molar-refractivity contribution in [1.29, 1.82) is 0 Å². The fourth-order valence-electron chi connectivity index (χ4n) is 0.942. The summed E-state index contributed by atoms with van der Waals surface area (Å²) >= 11 is 0. The fourth-order valence-corrected chi connectivity index (χ4v) is 1.75. The lowest BCUT2D eigenvalue weighted by Crippen LogP contribution is -2.42. The van der Waals surface area contributed by atoms with Crippen molar-refractivity contribution in [2.45, 2.75) is 11.7 Å². The zero-order valence-corrected chi connectivity index (χ0v) is 10.4. The van der Waals surface area contributed by atoms with Crippen LogP contribution in [0.15, 0.2) is 0 Å². The average molecular weight is 251 g/mol. The maximum Gasteiger partial charge on any atom is 0.239 e. The van der Waals surface area contributed by atoms with Crippen molar-refractivity contribution in [2.75, 3.05) is 28.2 Å². The van der Waals surface area contributed by atoms with Crippen molar-refractivity contribution in [2.24, 2.45) is 0 Å². The van der Waals surface area contributed by atoms with E-state index in [0.717, 1.165) is 9.80 Å². The Hall–Kier alpha value is -1.15. The van der Waals surface area contributed by atoms with E-state index in [1.165, 1.54) is 28.2 Å². The Bertz CT molecular complexity index is 374. The molecular weight excluding hydrogens is 236 g/mol. The third-order valence-corrected chi connectivity index (χ3v) is 2.99. The van der Waals surface area contributed by atoms with Crippen LogP contribution in [-0.2, 0) is 19.7 Å². The van der Waals surface area contributed by atoms with Crippen LogP contribution in [0.3, 0.4) is 0 Å². The van der Waals surface area contributed by atoms with Crippen molar-refractivity contribution < 1.29 is 22.6 Å². The van der Waals surface area contributed by atoms with Gasteiger partial charge in [-0.3, -0.25) is 9.59 Å². The maximum absolute atomic E-state index is 11.4. The molecule has 0 aromatic carbocycles. The molecule has 0 N–H and O–H groups in total. The summed E-state index contributed by atoms with van der Waals surface area (Å²) in [5, 5.41) is -1.85. The summed E-state index contributed by atoms with van der Waals surface area (Å²) in [5.74, 6) is -1.47. The van der Waals surface area contributed by atoms with Crippen LogP contribution in [0.4, 0.5) is 0 Å². The van der Waals surface area contributed by atoms with Crippen molar-refractivity contribution >= 4 is 21.9 Å². The van der Waals surface area contributed by atoms with Crippen LogP contribution in [0, 0.1) is 0 Å². The number of hydrogen-bond acceptors (Lipinski definition) is 5. The first-order chi connectivity index (χ1) is 7.07. The van der Waals surface area contributed by atoms with E-state index >= 15 is 0 Å². The van der Waals surface area contributed by atoms with Gasteiger partial charge >= 0.3 is 0 Å². The largest absolute Gasteiger partial charge is 0.747 e. The summed E-state index contributed by atoms with van der Waals surface area (Å²) in [6.07, 6.45) is -0.629. The second kappa shape index (κ2) is 5.26. The SMILES string of the molecule is CN(C)C(=O)CC(C(=O)N(C)C)S(=O)(=O)[O-]. The Labute approximate surface area is 94.8 Å². The van der Waals surface area contributed by atoms with Gasteiger partial charge in [-0.25, -0.2) is 8.42 Å². The molecule has 16 heavy (non-hydrogen) atoms. The van der Waals surface area contributed by atoms with Gasteiger partial charge in [-0.2, -0.15) is 0 Å². The molecule has 8 heteroatoms. The summed E-state index contributed by atoms with van der Waals surface area (Å²) in [5.41, 5.74) is 0. The molecule has 0 aliphatic rings. The molecule has 7 nitrogen and oxygen atoms in total. The van der Waals surface area contributed by atoms with Gasteiger partial charge in [-0.1, -0.05) is 0 Å². The van der Waals surface area contributed by atoms with Crippen LogP contribution in [-0.4, -0.2) is 68.0 Å². The van der Waals surface area contributed by atoms with Crippen molar-refractivity contribution in [3.05, 3.63) is 0 Å². The number of amides is 2. The quantitative estimate of drug-likeness (QED) is 0.564. The predicted molar refractivity (Wildman–Crippen MR) is 55.5 cm³/mol. The number of rotatable bonds is 4. The summed E-state index contributed by atoms with van der Waals surface area (Å²) in [7, 11) is 0.641. The van der Waals surface area contributed by atoms with Crippen molar-refractivity contribution in [1.82, 2.24) is 9.80 Å². The molecule has 0 heterocycles. The highest BCUT2D eigenvalue weighted by Gasteiger charge is 2.29. The highest BCUT2D eigenvalue weighted by molar-refractivity contribution is 7.87. The zero-order chi connectivity index (χ0) is 13.1. The molecule has 0 aromatic heterocycles.